The van der Waals surface area contributed by atoms with E-state index >= 15 is 0 Å². The van der Waals surface area contributed by atoms with Gasteiger partial charge in [0.15, 0.2) is 0 Å². The summed E-state index contributed by atoms with van der Waals surface area (Å²) < 4.78 is 18.1. The fraction of sp³-hybridized carbons (Fsp3) is 0.444. The third kappa shape index (κ3) is 34.2. The molecule has 2 N–H and O–H groups in total. The summed E-state index contributed by atoms with van der Waals surface area (Å²) in [4.78, 5) is 52.0. The molecule has 0 unspecified atom stereocenters. The molecular weight excluding hydrogens is 500 g/mol. The Kier molecular flexibility index (Phi) is 31.7. The Morgan fingerprint density at radius 1 is 0.842 bits per heavy atom. The van der Waals surface area contributed by atoms with Gasteiger partial charge in [-0.25, -0.2) is 24.0 Å². The number of rotatable bonds is 13. The van der Waals surface area contributed by atoms with Gasteiger partial charge in [0.2, 0.25) is 0 Å². The maximum Gasteiger partial charge on any atom is 0.333 e. The molecule has 0 aliphatic carbocycles. The molecule has 0 atom stereocenters. The van der Waals surface area contributed by atoms with Crippen LogP contribution in [0.25, 0.3) is 0 Å². The zero-order chi connectivity index (χ0) is 30.5. The Morgan fingerprint density at radius 3 is 1.71 bits per heavy atom. The van der Waals surface area contributed by atoms with E-state index in [1.165, 1.54) is 19.3 Å². The Labute approximate surface area is 225 Å². The van der Waals surface area contributed by atoms with Gasteiger partial charge in [-0.15, -0.1) is 0 Å². The van der Waals surface area contributed by atoms with Gasteiger partial charge < -0.3 is 29.2 Å². The van der Waals surface area contributed by atoms with Crippen LogP contribution in [0, 0.1) is 0 Å². The predicted octanol–water partition coefficient (Wildman–Crippen LogP) is 3.49. The lowest BCUT2D eigenvalue weighted by molar-refractivity contribution is -0.140. The van der Waals surface area contributed by atoms with E-state index in [2.05, 4.69) is 45.3 Å². The predicted molar refractivity (Wildman–Crippen MR) is 143 cm³/mol. The van der Waals surface area contributed by atoms with Crippen LogP contribution in [-0.2, 0) is 42.9 Å². The summed E-state index contributed by atoms with van der Waals surface area (Å²) in [6.45, 7) is 21.1. The van der Waals surface area contributed by atoms with E-state index in [9.17, 15) is 24.0 Å². The minimum atomic E-state index is -1.08. The topological polar surface area (TPSA) is 163 Å². The second-order valence-corrected chi connectivity index (χ2v) is 6.91. The fourth-order valence-electron chi connectivity index (χ4n) is 1.43. The number of methoxy groups -OCH3 is 1. The van der Waals surface area contributed by atoms with Crippen molar-refractivity contribution < 1.29 is 53.1 Å². The number of aliphatic hydroxyl groups is 1. The van der Waals surface area contributed by atoms with Crippen molar-refractivity contribution in [2.45, 2.75) is 47.0 Å². The van der Waals surface area contributed by atoms with Crippen LogP contribution < -0.4 is 0 Å². The first-order chi connectivity index (χ1) is 17.7. The van der Waals surface area contributed by atoms with E-state index in [-0.39, 0.29) is 43.1 Å². The molecule has 216 valence electrons. The van der Waals surface area contributed by atoms with Gasteiger partial charge in [0.05, 0.1) is 26.9 Å². The molecule has 11 heteroatoms. The molecule has 38 heavy (non-hydrogen) atoms. The van der Waals surface area contributed by atoms with Crippen molar-refractivity contribution >= 4 is 29.8 Å². The molecule has 0 bridgehead atoms. The maximum atomic E-state index is 11.0. The lowest BCUT2D eigenvalue weighted by Gasteiger charge is -2.02. The maximum absolute atomic E-state index is 11.0. The lowest BCUT2D eigenvalue weighted by atomic mass is 10.2. The molecule has 0 spiro atoms. The van der Waals surface area contributed by atoms with E-state index in [0.717, 1.165) is 18.9 Å². The number of aliphatic hydroxyl groups excluding tert-OH is 1. The second kappa shape index (κ2) is 29.2. The number of ether oxygens (including phenoxy) is 4. The average molecular weight is 543 g/mol. The monoisotopic (exact) mass is 542 g/mol. The van der Waals surface area contributed by atoms with Crippen LogP contribution in [0.3, 0.4) is 0 Å². The molecule has 0 aromatic heterocycles. The highest BCUT2D eigenvalue weighted by Crippen LogP contribution is 2.01. The van der Waals surface area contributed by atoms with E-state index < -0.39 is 11.9 Å². The summed E-state index contributed by atoms with van der Waals surface area (Å²) in [6.07, 6.45) is 5.49. The van der Waals surface area contributed by atoms with E-state index in [1.807, 2.05) is 6.92 Å². The molecule has 0 rings (SSSR count). The minimum Gasteiger partial charge on any atom is -0.478 e. The highest BCUT2D eigenvalue weighted by Gasteiger charge is 2.05. The molecule has 0 fully saturated rings. The molecule has 0 saturated carbocycles. The zero-order valence-electron chi connectivity index (χ0n) is 23.1. The highest BCUT2D eigenvalue weighted by molar-refractivity contribution is 5.88. The van der Waals surface area contributed by atoms with Crippen LogP contribution in [0.15, 0.2) is 61.3 Å². The van der Waals surface area contributed by atoms with Crippen molar-refractivity contribution in [3.63, 3.8) is 0 Å². The van der Waals surface area contributed by atoms with Crippen LogP contribution in [0.5, 0.6) is 0 Å². The molecule has 0 aliphatic heterocycles. The molecule has 0 radical (unpaired) electrons. The van der Waals surface area contributed by atoms with Gasteiger partial charge in [-0.2, -0.15) is 0 Å². The van der Waals surface area contributed by atoms with Crippen molar-refractivity contribution in [3.8, 4) is 0 Å². The van der Waals surface area contributed by atoms with Crippen molar-refractivity contribution in [3.05, 3.63) is 61.3 Å². The molecule has 0 amide bonds. The van der Waals surface area contributed by atoms with Gasteiger partial charge in [-0.05, 0) is 33.6 Å². The molecular formula is C27H42O11. The van der Waals surface area contributed by atoms with Crippen LogP contribution in [-0.4, -0.2) is 73.6 Å². The molecule has 0 aromatic rings. The van der Waals surface area contributed by atoms with Crippen molar-refractivity contribution in [2.75, 3.05) is 33.5 Å². The highest BCUT2D eigenvalue weighted by atomic mass is 16.5. The number of carbonyl (C=O) groups excluding carboxylic acids is 4. The van der Waals surface area contributed by atoms with Crippen LogP contribution in [0.4, 0.5) is 0 Å². The van der Waals surface area contributed by atoms with E-state index in [4.69, 9.17) is 10.2 Å². The van der Waals surface area contributed by atoms with E-state index in [1.54, 1.807) is 20.8 Å². The van der Waals surface area contributed by atoms with Crippen molar-refractivity contribution in [1.82, 2.24) is 0 Å². The SMILES string of the molecule is C=C(C)C(=O)OC.C=C(C)C(=O)OCC.C=C(CC=CC(=O)O)C(=O)OCCO.C=CC(=O)OCCCC. The number of allylic oxidation sites excluding steroid dienone is 1. The summed E-state index contributed by atoms with van der Waals surface area (Å²) in [5.41, 5.74) is 1.03. The fourth-order valence-corrected chi connectivity index (χ4v) is 1.43. The molecule has 0 aliphatic rings. The Hall–Kier alpha value is -3.99. The first-order valence-corrected chi connectivity index (χ1v) is 11.5. The van der Waals surface area contributed by atoms with Gasteiger partial charge in [0.25, 0.3) is 0 Å². The van der Waals surface area contributed by atoms with Crippen LogP contribution >= 0.6 is 0 Å². The number of carbonyl (C=O) groups is 5. The molecule has 0 saturated heterocycles. The van der Waals surface area contributed by atoms with Crippen LogP contribution in [0.1, 0.15) is 47.0 Å². The van der Waals surface area contributed by atoms with Gasteiger partial charge in [0.1, 0.15) is 6.61 Å². The summed E-state index contributed by atoms with van der Waals surface area (Å²) in [5.74, 6) is -2.70. The normalized spacial score (nSPS) is 8.89. The number of unbranched alkanes of at least 4 members (excludes halogenated alkanes) is 1. The summed E-state index contributed by atoms with van der Waals surface area (Å²) in [7, 11) is 1.33. The van der Waals surface area contributed by atoms with Crippen molar-refractivity contribution in [1.29, 1.82) is 0 Å². The number of carboxylic acid groups (broad SMARTS) is 1. The van der Waals surface area contributed by atoms with Crippen LogP contribution in [0.2, 0.25) is 0 Å². The Bertz CT molecular complexity index is 808. The number of aliphatic carboxylic acids is 1. The third-order valence-electron chi connectivity index (χ3n) is 3.30. The zero-order valence-corrected chi connectivity index (χ0v) is 23.1. The molecule has 0 aromatic carbocycles. The van der Waals surface area contributed by atoms with Crippen molar-refractivity contribution in [2.24, 2.45) is 0 Å². The lowest BCUT2D eigenvalue weighted by Crippen LogP contribution is -2.09. The van der Waals surface area contributed by atoms with Gasteiger partial charge >= 0.3 is 29.8 Å². The Balaban J connectivity index is -0.000000212. The number of hydrogen-bond acceptors (Lipinski definition) is 10. The molecule has 11 nitrogen and oxygen atoms in total. The van der Waals surface area contributed by atoms with Gasteiger partial charge in [-0.3, -0.25) is 0 Å². The standard InChI is InChI=1S/C9H12O5.C7H12O2.C6H10O2.C5H8O2/c1-7(3-2-4-8(11)12)9(13)14-6-5-10;1-3-5-6-9-7(8)4-2;1-4-8-6(7)5(2)3;1-4(2)5(6)7-3/h2,4,10H,1,3,5-6H2,(H,11,12);4H,2-3,5-6H2,1H3;2,4H2,1,3H3;1H2,2-3H3. The first-order valence-electron chi connectivity index (χ1n) is 11.5. The Morgan fingerprint density at radius 2 is 1.39 bits per heavy atom. The first kappa shape index (κ1) is 41.1. The minimum absolute atomic E-state index is 0.0828. The number of esters is 4. The number of hydrogen-bond donors (Lipinski definition) is 2. The summed E-state index contributed by atoms with van der Waals surface area (Å²) in [6, 6.07) is 0. The summed E-state index contributed by atoms with van der Waals surface area (Å²) in [5, 5.41) is 16.6. The number of carboxylic acids is 1. The van der Waals surface area contributed by atoms with Gasteiger partial charge in [0, 0.05) is 28.9 Å². The van der Waals surface area contributed by atoms with E-state index in [0.29, 0.717) is 24.4 Å². The average Bonchev–Trinajstić information content (AvgIpc) is 2.87. The summed E-state index contributed by atoms with van der Waals surface area (Å²) >= 11 is 0. The smallest absolute Gasteiger partial charge is 0.333 e. The van der Waals surface area contributed by atoms with Gasteiger partial charge in [-0.1, -0.05) is 45.7 Å². The quantitative estimate of drug-likeness (QED) is 0.152. The third-order valence-corrected chi connectivity index (χ3v) is 3.30. The second-order valence-electron chi connectivity index (χ2n) is 6.91. The molecule has 0 heterocycles. The largest absolute Gasteiger partial charge is 0.478 e.